The molecule has 0 bridgehead atoms. The lowest BCUT2D eigenvalue weighted by molar-refractivity contribution is -0.384. The van der Waals surface area contributed by atoms with Crippen molar-refractivity contribution in [3.63, 3.8) is 0 Å². The number of nitro benzene ring substituents is 1. The van der Waals surface area contributed by atoms with Gasteiger partial charge in [0.05, 0.1) is 4.92 Å². The molecule has 1 heterocycles. The molecular formula is C21H21N3O3. The number of rotatable bonds is 8. The van der Waals surface area contributed by atoms with Crippen LogP contribution in [0.5, 0.6) is 5.75 Å². The number of nitrogens with zero attached hydrogens (tertiary/aromatic N) is 3. The fourth-order valence-corrected chi connectivity index (χ4v) is 2.91. The van der Waals surface area contributed by atoms with Crippen molar-refractivity contribution in [3.05, 3.63) is 93.6 Å². The highest BCUT2D eigenvalue weighted by molar-refractivity contribution is 5.34. The second kappa shape index (κ2) is 8.89. The molecule has 0 spiro atoms. The number of nitro groups is 1. The summed E-state index contributed by atoms with van der Waals surface area (Å²) in [5.74, 6) is 1.09. The third-order valence-corrected chi connectivity index (χ3v) is 4.36. The molecule has 3 rings (SSSR count). The van der Waals surface area contributed by atoms with Crippen LogP contribution in [0.4, 0.5) is 5.69 Å². The molecule has 0 unspecified atom stereocenters. The molecule has 2 aromatic carbocycles. The maximum Gasteiger partial charge on any atom is 0.269 e. The van der Waals surface area contributed by atoms with Gasteiger partial charge >= 0.3 is 0 Å². The van der Waals surface area contributed by atoms with E-state index in [1.807, 2.05) is 24.3 Å². The lowest BCUT2D eigenvalue weighted by Gasteiger charge is -2.05. The first-order valence-corrected chi connectivity index (χ1v) is 8.92. The second-order valence-electron chi connectivity index (χ2n) is 6.41. The zero-order valence-corrected chi connectivity index (χ0v) is 14.9. The van der Waals surface area contributed by atoms with Gasteiger partial charge in [-0.05, 0) is 55.0 Å². The third kappa shape index (κ3) is 5.60. The fraction of sp³-hybridized carbons (Fsp3) is 0.238. The van der Waals surface area contributed by atoms with E-state index in [2.05, 4.69) is 9.97 Å². The van der Waals surface area contributed by atoms with E-state index in [0.29, 0.717) is 12.8 Å². The van der Waals surface area contributed by atoms with Crippen LogP contribution in [0.3, 0.4) is 0 Å². The van der Waals surface area contributed by atoms with Crippen LogP contribution in [0.1, 0.15) is 29.1 Å². The average Bonchev–Trinajstić information content (AvgIpc) is 2.68. The first-order valence-electron chi connectivity index (χ1n) is 8.92. The molecular weight excluding hydrogens is 342 g/mol. The van der Waals surface area contributed by atoms with Gasteiger partial charge in [0.2, 0.25) is 0 Å². The SMILES string of the molecule is O=[N+]([O-])c1cccc(CCc2ccnc(CCCc3ccc(O)cc3)n2)c1. The van der Waals surface area contributed by atoms with E-state index < -0.39 is 0 Å². The Morgan fingerprint density at radius 1 is 0.926 bits per heavy atom. The number of aromatic nitrogens is 2. The van der Waals surface area contributed by atoms with Crippen LogP contribution < -0.4 is 0 Å². The molecule has 0 atom stereocenters. The predicted octanol–water partition coefficient (Wildman–Crippen LogP) is 4.05. The molecule has 138 valence electrons. The van der Waals surface area contributed by atoms with Gasteiger partial charge in [-0.15, -0.1) is 0 Å². The highest BCUT2D eigenvalue weighted by atomic mass is 16.6. The van der Waals surface area contributed by atoms with Gasteiger partial charge in [0.15, 0.2) is 0 Å². The third-order valence-electron chi connectivity index (χ3n) is 4.36. The molecule has 6 nitrogen and oxygen atoms in total. The number of hydrogen-bond acceptors (Lipinski definition) is 5. The van der Waals surface area contributed by atoms with Crippen molar-refractivity contribution >= 4 is 5.69 Å². The van der Waals surface area contributed by atoms with Crippen molar-refractivity contribution in [2.24, 2.45) is 0 Å². The number of benzene rings is 2. The van der Waals surface area contributed by atoms with Crippen LogP contribution in [0.15, 0.2) is 60.8 Å². The fourth-order valence-electron chi connectivity index (χ4n) is 2.91. The minimum atomic E-state index is -0.375. The van der Waals surface area contributed by atoms with Crippen LogP contribution in [0, 0.1) is 10.1 Å². The van der Waals surface area contributed by atoms with Crippen LogP contribution in [0.2, 0.25) is 0 Å². The minimum absolute atomic E-state index is 0.116. The van der Waals surface area contributed by atoms with E-state index >= 15 is 0 Å². The molecule has 1 aromatic heterocycles. The van der Waals surface area contributed by atoms with Gasteiger partial charge in [-0.1, -0.05) is 24.3 Å². The Bertz CT molecular complexity index is 911. The van der Waals surface area contributed by atoms with Gasteiger partial charge in [0, 0.05) is 30.4 Å². The minimum Gasteiger partial charge on any atom is -0.508 e. The lowest BCUT2D eigenvalue weighted by atomic mass is 10.1. The van der Waals surface area contributed by atoms with E-state index in [9.17, 15) is 15.2 Å². The maximum absolute atomic E-state index is 10.9. The van der Waals surface area contributed by atoms with Gasteiger partial charge in [-0.25, -0.2) is 9.97 Å². The van der Waals surface area contributed by atoms with Crippen molar-refractivity contribution < 1.29 is 10.0 Å². The Morgan fingerprint density at radius 2 is 1.74 bits per heavy atom. The van der Waals surface area contributed by atoms with E-state index in [1.165, 1.54) is 11.6 Å². The number of phenolic OH excluding ortho intramolecular Hbond substituents is 1. The highest BCUT2D eigenvalue weighted by Gasteiger charge is 2.07. The number of phenols is 1. The van der Waals surface area contributed by atoms with Crippen molar-refractivity contribution in [2.75, 3.05) is 0 Å². The van der Waals surface area contributed by atoms with E-state index in [-0.39, 0.29) is 16.4 Å². The first kappa shape index (κ1) is 18.5. The predicted molar refractivity (Wildman–Crippen MR) is 103 cm³/mol. The Labute approximate surface area is 157 Å². The topological polar surface area (TPSA) is 89.2 Å². The quantitative estimate of drug-likeness (QED) is 0.482. The molecule has 0 aliphatic heterocycles. The Morgan fingerprint density at radius 3 is 2.52 bits per heavy atom. The number of aryl methyl sites for hydroxylation is 4. The van der Waals surface area contributed by atoms with Gasteiger partial charge < -0.3 is 5.11 Å². The monoisotopic (exact) mass is 363 g/mol. The molecule has 1 N–H and O–H groups in total. The Hall–Kier alpha value is -3.28. The van der Waals surface area contributed by atoms with Gasteiger partial charge in [0.25, 0.3) is 5.69 Å². The normalized spacial score (nSPS) is 10.7. The molecule has 3 aromatic rings. The molecule has 6 heteroatoms. The number of non-ortho nitro benzene ring substituents is 1. The summed E-state index contributed by atoms with van der Waals surface area (Å²) in [5, 5.41) is 20.2. The summed E-state index contributed by atoms with van der Waals surface area (Å²) >= 11 is 0. The standard InChI is InChI=1S/C21H21N3O3/c25-20-11-8-16(9-12-20)3-2-6-21-22-14-13-18(23-21)10-7-17-4-1-5-19(15-17)24(26)27/h1,4-5,8-9,11-15,25H,2-3,6-7,10H2. The van der Waals surface area contributed by atoms with Crippen molar-refractivity contribution in [1.82, 2.24) is 9.97 Å². The molecule has 27 heavy (non-hydrogen) atoms. The van der Waals surface area contributed by atoms with Crippen molar-refractivity contribution in [2.45, 2.75) is 32.1 Å². The molecule has 0 amide bonds. The summed E-state index contributed by atoms with van der Waals surface area (Å²) in [6.45, 7) is 0. The maximum atomic E-state index is 10.9. The summed E-state index contributed by atoms with van der Waals surface area (Å²) in [6.07, 6.45) is 5.80. The summed E-state index contributed by atoms with van der Waals surface area (Å²) < 4.78 is 0. The zero-order valence-electron chi connectivity index (χ0n) is 14.9. The Balaban J connectivity index is 1.53. The summed E-state index contributed by atoms with van der Waals surface area (Å²) in [4.78, 5) is 19.4. The van der Waals surface area contributed by atoms with Gasteiger partial charge in [-0.2, -0.15) is 0 Å². The van der Waals surface area contributed by atoms with Gasteiger partial charge in [0.1, 0.15) is 11.6 Å². The van der Waals surface area contributed by atoms with Crippen molar-refractivity contribution in [1.29, 1.82) is 0 Å². The van der Waals surface area contributed by atoms with Crippen LogP contribution >= 0.6 is 0 Å². The summed E-state index contributed by atoms with van der Waals surface area (Å²) in [6, 6.07) is 15.8. The molecule has 0 fully saturated rings. The van der Waals surface area contributed by atoms with E-state index in [1.54, 1.807) is 30.5 Å². The van der Waals surface area contributed by atoms with E-state index in [4.69, 9.17) is 0 Å². The van der Waals surface area contributed by atoms with Crippen LogP contribution in [-0.2, 0) is 25.7 Å². The van der Waals surface area contributed by atoms with Crippen LogP contribution in [-0.4, -0.2) is 20.0 Å². The second-order valence-corrected chi connectivity index (χ2v) is 6.41. The summed E-state index contributed by atoms with van der Waals surface area (Å²) in [7, 11) is 0. The molecule has 0 saturated heterocycles. The van der Waals surface area contributed by atoms with E-state index in [0.717, 1.165) is 36.3 Å². The van der Waals surface area contributed by atoms with Crippen molar-refractivity contribution in [3.8, 4) is 5.75 Å². The smallest absolute Gasteiger partial charge is 0.269 e. The molecule has 0 radical (unpaired) electrons. The largest absolute Gasteiger partial charge is 0.508 e. The summed E-state index contributed by atoms with van der Waals surface area (Å²) in [5.41, 5.74) is 3.16. The lowest BCUT2D eigenvalue weighted by Crippen LogP contribution is -2.02. The molecule has 0 aliphatic carbocycles. The first-order chi connectivity index (χ1) is 13.1. The average molecular weight is 363 g/mol. The molecule has 0 aliphatic rings. The number of hydrogen-bond donors (Lipinski definition) is 1. The molecule has 0 saturated carbocycles. The zero-order chi connectivity index (χ0) is 19.1. The van der Waals surface area contributed by atoms with Gasteiger partial charge in [-0.3, -0.25) is 10.1 Å². The highest BCUT2D eigenvalue weighted by Crippen LogP contribution is 2.15. The van der Waals surface area contributed by atoms with Crippen LogP contribution in [0.25, 0.3) is 0 Å². The Kier molecular flexibility index (Phi) is 6.10. The number of aromatic hydroxyl groups is 1.